The Morgan fingerprint density at radius 1 is 1.26 bits per heavy atom. The van der Waals surface area contributed by atoms with Crippen LogP contribution in [0.1, 0.15) is 25.8 Å². The molecule has 1 N–H and O–H groups in total. The zero-order chi connectivity index (χ0) is 22.5. The summed E-state index contributed by atoms with van der Waals surface area (Å²) in [5, 5.41) is 6.00. The minimum atomic E-state index is -0.729. The van der Waals surface area contributed by atoms with Crippen LogP contribution in [0.2, 0.25) is 0 Å². The van der Waals surface area contributed by atoms with E-state index in [1.165, 1.54) is 16.8 Å². The molecule has 2 aliphatic rings. The average Bonchev–Trinajstić information content (AvgIpc) is 2.74. The number of nitrogens with one attached hydrogen (secondary N) is 1. The summed E-state index contributed by atoms with van der Waals surface area (Å²) in [5.74, 6) is -0.0877. The van der Waals surface area contributed by atoms with Crippen molar-refractivity contribution in [1.29, 1.82) is 0 Å². The number of ketones is 1. The second-order valence-electron chi connectivity index (χ2n) is 7.57. The number of piperazine rings is 1. The molecular formula is C22H28N4O5. The highest BCUT2D eigenvalue weighted by molar-refractivity contribution is 5.91. The third-order valence-corrected chi connectivity index (χ3v) is 5.42. The van der Waals surface area contributed by atoms with Gasteiger partial charge in [0.1, 0.15) is 24.6 Å². The fourth-order valence-electron chi connectivity index (χ4n) is 3.90. The first-order chi connectivity index (χ1) is 14.8. The van der Waals surface area contributed by atoms with Gasteiger partial charge in [0.2, 0.25) is 17.7 Å². The second kappa shape index (κ2) is 9.74. The summed E-state index contributed by atoms with van der Waals surface area (Å²) >= 11 is 0. The van der Waals surface area contributed by atoms with E-state index < -0.39 is 12.2 Å². The number of carbonyl (C=O) groups is 4. The number of nitrogens with zero attached hydrogens (tertiary/aromatic N) is 3. The molecule has 2 atom stereocenters. The van der Waals surface area contributed by atoms with Gasteiger partial charge >= 0.3 is 0 Å². The average molecular weight is 428 g/mol. The monoisotopic (exact) mass is 428 g/mol. The molecule has 9 heteroatoms. The number of amides is 3. The Bertz CT molecular complexity index is 869. The van der Waals surface area contributed by atoms with E-state index in [9.17, 15) is 19.2 Å². The normalized spacial score (nSPS) is 21.4. The molecule has 2 aliphatic heterocycles. The van der Waals surface area contributed by atoms with Crippen molar-refractivity contribution in [2.45, 2.75) is 38.9 Å². The molecule has 0 aromatic heterocycles. The zero-order valence-corrected chi connectivity index (χ0v) is 17.9. The number of Topliss-reactive ketones (excluding diaryl/α,β-unsaturated/α-hetero) is 1. The smallest absolute Gasteiger partial charge is 0.243 e. The number of carbonyl (C=O) groups excluding carboxylic acids is 4. The Hall–Kier alpha value is -3.20. The molecule has 2 saturated heterocycles. The SMILES string of the molecule is C=CCN1CC(=O)N2C(Cc3ccc(OCC(=O)CC)cc3)C(=O)NCC2N1C(C)=O. The number of fused-ring (bicyclic) bond motifs is 1. The molecule has 166 valence electrons. The predicted octanol–water partition coefficient (Wildman–Crippen LogP) is 0.505. The van der Waals surface area contributed by atoms with Gasteiger partial charge in [-0.25, -0.2) is 5.01 Å². The van der Waals surface area contributed by atoms with Crippen LogP contribution in [-0.2, 0) is 25.6 Å². The van der Waals surface area contributed by atoms with Crippen molar-refractivity contribution in [3.05, 3.63) is 42.5 Å². The van der Waals surface area contributed by atoms with Gasteiger partial charge in [-0.15, -0.1) is 6.58 Å². The number of hydrazine groups is 1. The fourth-order valence-corrected chi connectivity index (χ4v) is 3.90. The summed E-state index contributed by atoms with van der Waals surface area (Å²) in [6.07, 6.45) is 1.77. The molecule has 0 radical (unpaired) electrons. The van der Waals surface area contributed by atoms with Gasteiger partial charge in [0, 0.05) is 26.3 Å². The van der Waals surface area contributed by atoms with Crippen molar-refractivity contribution < 1.29 is 23.9 Å². The fraction of sp³-hybridized carbons (Fsp3) is 0.455. The number of benzene rings is 1. The van der Waals surface area contributed by atoms with Crippen molar-refractivity contribution in [1.82, 2.24) is 20.2 Å². The van der Waals surface area contributed by atoms with Crippen LogP contribution >= 0.6 is 0 Å². The largest absolute Gasteiger partial charge is 0.486 e. The Labute approximate surface area is 181 Å². The van der Waals surface area contributed by atoms with Gasteiger partial charge in [0.05, 0.1) is 13.1 Å². The lowest BCUT2D eigenvalue weighted by atomic mass is 10.00. The van der Waals surface area contributed by atoms with E-state index in [-0.39, 0.29) is 43.2 Å². The van der Waals surface area contributed by atoms with Gasteiger partial charge in [-0.2, -0.15) is 0 Å². The molecule has 1 aromatic rings. The standard InChI is InChI=1S/C22H28N4O5/c1-4-10-24-13-21(29)25-19(22(30)23-12-20(25)26(24)15(3)27)11-16-6-8-18(9-7-16)31-14-17(28)5-2/h4,6-9,19-20H,1,5,10-14H2,2-3H3,(H,23,30). The minimum Gasteiger partial charge on any atom is -0.486 e. The zero-order valence-electron chi connectivity index (χ0n) is 17.9. The van der Waals surface area contributed by atoms with Crippen molar-refractivity contribution in [3.63, 3.8) is 0 Å². The molecule has 2 fully saturated rings. The number of ether oxygens (including phenoxy) is 1. The molecule has 9 nitrogen and oxygen atoms in total. The van der Waals surface area contributed by atoms with E-state index in [0.29, 0.717) is 25.1 Å². The molecule has 0 bridgehead atoms. The Balaban J connectivity index is 1.77. The van der Waals surface area contributed by atoms with Gasteiger partial charge in [-0.3, -0.25) is 24.2 Å². The second-order valence-corrected chi connectivity index (χ2v) is 7.57. The van der Waals surface area contributed by atoms with Crippen LogP contribution in [0.4, 0.5) is 0 Å². The minimum absolute atomic E-state index is 0.00408. The Kier molecular flexibility index (Phi) is 7.06. The van der Waals surface area contributed by atoms with E-state index in [0.717, 1.165) is 5.56 Å². The summed E-state index contributed by atoms with van der Waals surface area (Å²) in [6, 6.07) is 6.37. The van der Waals surface area contributed by atoms with Gasteiger partial charge in [-0.1, -0.05) is 25.1 Å². The third kappa shape index (κ3) is 4.93. The topological polar surface area (TPSA) is 99.3 Å². The summed E-state index contributed by atoms with van der Waals surface area (Å²) in [6.45, 7) is 7.47. The van der Waals surface area contributed by atoms with E-state index in [1.54, 1.807) is 30.1 Å². The van der Waals surface area contributed by atoms with Crippen molar-refractivity contribution in [3.8, 4) is 5.75 Å². The summed E-state index contributed by atoms with van der Waals surface area (Å²) in [4.78, 5) is 50.9. The predicted molar refractivity (Wildman–Crippen MR) is 113 cm³/mol. The highest BCUT2D eigenvalue weighted by Gasteiger charge is 2.47. The first-order valence-corrected chi connectivity index (χ1v) is 10.3. The van der Waals surface area contributed by atoms with Crippen LogP contribution in [0.5, 0.6) is 5.75 Å². The first kappa shape index (κ1) is 22.5. The number of hydrogen-bond donors (Lipinski definition) is 1. The summed E-state index contributed by atoms with van der Waals surface area (Å²) in [7, 11) is 0. The third-order valence-electron chi connectivity index (χ3n) is 5.42. The first-order valence-electron chi connectivity index (χ1n) is 10.3. The molecule has 0 spiro atoms. The van der Waals surface area contributed by atoms with Crippen LogP contribution < -0.4 is 10.1 Å². The van der Waals surface area contributed by atoms with Crippen molar-refractivity contribution in [2.75, 3.05) is 26.2 Å². The molecule has 1 aromatic carbocycles. The van der Waals surface area contributed by atoms with Gasteiger partial charge in [0.25, 0.3) is 0 Å². The maximum absolute atomic E-state index is 12.9. The Morgan fingerprint density at radius 2 is 1.97 bits per heavy atom. The van der Waals surface area contributed by atoms with Crippen LogP contribution in [0.3, 0.4) is 0 Å². The maximum atomic E-state index is 12.9. The molecule has 0 saturated carbocycles. The quantitative estimate of drug-likeness (QED) is 0.606. The van der Waals surface area contributed by atoms with Crippen LogP contribution in [0.15, 0.2) is 36.9 Å². The molecule has 0 aliphatic carbocycles. The number of hydrogen-bond acceptors (Lipinski definition) is 6. The maximum Gasteiger partial charge on any atom is 0.243 e. The summed E-state index contributed by atoms with van der Waals surface area (Å²) < 4.78 is 5.45. The molecule has 31 heavy (non-hydrogen) atoms. The van der Waals surface area contributed by atoms with Gasteiger partial charge < -0.3 is 15.0 Å². The molecule has 3 rings (SSSR count). The van der Waals surface area contributed by atoms with Crippen molar-refractivity contribution >= 4 is 23.5 Å². The molecule has 3 amide bonds. The van der Waals surface area contributed by atoms with Crippen LogP contribution in [-0.4, -0.2) is 76.9 Å². The van der Waals surface area contributed by atoms with E-state index >= 15 is 0 Å². The lowest BCUT2D eigenvalue weighted by Crippen LogP contribution is -2.75. The van der Waals surface area contributed by atoms with Crippen LogP contribution in [0, 0.1) is 0 Å². The van der Waals surface area contributed by atoms with E-state index in [1.807, 2.05) is 12.1 Å². The molecular weight excluding hydrogens is 400 g/mol. The lowest BCUT2D eigenvalue weighted by molar-refractivity contribution is -0.196. The van der Waals surface area contributed by atoms with E-state index in [2.05, 4.69) is 11.9 Å². The highest BCUT2D eigenvalue weighted by Crippen LogP contribution is 2.25. The van der Waals surface area contributed by atoms with Crippen LogP contribution in [0.25, 0.3) is 0 Å². The lowest BCUT2D eigenvalue weighted by Gasteiger charge is -2.52. The number of rotatable bonds is 8. The van der Waals surface area contributed by atoms with Gasteiger partial charge in [0.15, 0.2) is 5.78 Å². The van der Waals surface area contributed by atoms with Crippen molar-refractivity contribution in [2.24, 2.45) is 0 Å². The molecule has 2 heterocycles. The molecule has 2 unspecified atom stereocenters. The Morgan fingerprint density at radius 3 is 2.58 bits per heavy atom. The summed E-state index contributed by atoms with van der Waals surface area (Å²) in [5.41, 5.74) is 0.839. The van der Waals surface area contributed by atoms with E-state index in [4.69, 9.17) is 4.74 Å². The van der Waals surface area contributed by atoms with Gasteiger partial charge in [-0.05, 0) is 17.7 Å². The highest BCUT2D eigenvalue weighted by atomic mass is 16.5.